The summed E-state index contributed by atoms with van der Waals surface area (Å²) in [4.78, 5) is 12.1. The molecule has 1 N–H and O–H groups in total. The third kappa shape index (κ3) is 4.83. The second kappa shape index (κ2) is 10.1. The van der Waals surface area contributed by atoms with E-state index in [0.717, 1.165) is 29.1 Å². The molecule has 2 aromatic rings. The maximum atomic E-state index is 4.93. The molecule has 0 radical (unpaired) electrons. The molecule has 0 spiro atoms. The zero-order valence-electron chi connectivity index (χ0n) is 16.5. The number of thioether (sulfide) groups is 2. The second-order valence-corrected chi connectivity index (χ2v) is 9.00. The minimum Gasteiger partial charge on any atom is -0.335 e. The average Bonchev–Trinajstić information content (AvgIpc) is 3.28. The molecular formula is C22H24Cl2N4S2. The minimum absolute atomic E-state index is 0. The molecule has 0 saturated heterocycles. The van der Waals surface area contributed by atoms with Gasteiger partial charge in [-0.3, -0.25) is 9.98 Å². The summed E-state index contributed by atoms with van der Waals surface area (Å²) in [6.07, 6.45) is 1.00. The van der Waals surface area contributed by atoms with Crippen LogP contribution in [0.15, 0.2) is 75.7 Å². The number of nitrogens with one attached hydrogen (secondary N) is 1. The predicted molar refractivity (Wildman–Crippen MR) is 137 cm³/mol. The van der Waals surface area contributed by atoms with E-state index in [2.05, 4.69) is 77.1 Å². The summed E-state index contributed by atoms with van der Waals surface area (Å²) < 4.78 is 0. The Morgan fingerprint density at radius 3 is 2.67 bits per heavy atom. The van der Waals surface area contributed by atoms with Crippen LogP contribution in [0.3, 0.4) is 0 Å². The highest BCUT2D eigenvalue weighted by Crippen LogP contribution is 2.36. The molecule has 8 heteroatoms. The third-order valence-corrected chi connectivity index (χ3v) is 7.05. The molecule has 0 aliphatic carbocycles. The van der Waals surface area contributed by atoms with E-state index in [0.29, 0.717) is 6.04 Å². The van der Waals surface area contributed by atoms with Crippen molar-refractivity contribution in [3.8, 4) is 0 Å². The molecule has 3 aliphatic heterocycles. The van der Waals surface area contributed by atoms with Crippen molar-refractivity contribution >= 4 is 64.4 Å². The van der Waals surface area contributed by atoms with Gasteiger partial charge >= 0.3 is 0 Å². The van der Waals surface area contributed by atoms with E-state index in [1.54, 1.807) is 23.5 Å². The molecule has 0 saturated carbocycles. The highest BCUT2D eigenvalue weighted by molar-refractivity contribution is 8.17. The maximum Gasteiger partial charge on any atom is 0.168 e. The van der Waals surface area contributed by atoms with Crippen LogP contribution in [0, 0.1) is 0 Å². The Kier molecular flexibility index (Phi) is 7.80. The largest absolute Gasteiger partial charge is 0.335 e. The lowest BCUT2D eigenvalue weighted by molar-refractivity contribution is 0.512. The van der Waals surface area contributed by atoms with Crippen LogP contribution >= 0.6 is 48.3 Å². The van der Waals surface area contributed by atoms with Crippen molar-refractivity contribution in [2.45, 2.75) is 25.4 Å². The van der Waals surface area contributed by atoms with Gasteiger partial charge in [-0.2, -0.15) is 0 Å². The lowest BCUT2D eigenvalue weighted by Gasteiger charge is -2.23. The lowest BCUT2D eigenvalue weighted by Crippen LogP contribution is -2.26. The molecule has 0 amide bonds. The van der Waals surface area contributed by atoms with E-state index < -0.39 is 0 Å². The van der Waals surface area contributed by atoms with Crippen LogP contribution in [-0.2, 0) is 6.42 Å². The second-order valence-electron chi connectivity index (χ2n) is 7.20. The quantitative estimate of drug-likeness (QED) is 0.586. The normalized spacial score (nSPS) is 21.2. The van der Waals surface area contributed by atoms with Crippen molar-refractivity contribution in [1.82, 2.24) is 4.90 Å². The SMILES string of the molecule is CC1N=C(SCC2=CSC3=NC(Cc4ccccc4)CN23)Nc2ccccc21.Cl.Cl. The molecule has 3 aliphatic rings. The molecule has 2 aromatic carbocycles. The van der Waals surface area contributed by atoms with Gasteiger partial charge in [0.25, 0.3) is 0 Å². The van der Waals surface area contributed by atoms with Gasteiger partial charge in [0.1, 0.15) is 0 Å². The number of hydrogen-bond donors (Lipinski definition) is 1. The Hall–Kier alpha value is -1.60. The van der Waals surface area contributed by atoms with Crippen LogP contribution in [0.4, 0.5) is 5.69 Å². The molecule has 0 aromatic heterocycles. The van der Waals surface area contributed by atoms with Gasteiger partial charge in [-0.25, -0.2) is 0 Å². The summed E-state index contributed by atoms with van der Waals surface area (Å²) in [5, 5.41) is 7.87. The van der Waals surface area contributed by atoms with Gasteiger partial charge in [0, 0.05) is 23.7 Å². The number of nitrogens with zero attached hydrogens (tertiary/aromatic N) is 3. The summed E-state index contributed by atoms with van der Waals surface area (Å²) in [5.74, 6) is 0.908. The van der Waals surface area contributed by atoms with E-state index in [-0.39, 0.29) is 30.9 Å². The summed E-state index contributed by atoms with van der Waals surface area (Å²) >= 11 is 3.53. The first-order chi connectivity index (χ1) is 13.8. The van der Waals surface area contributed by atoms with Crippen LogP contribution in [0.2, 0.25) is 0 Å². The number of aliphatic imine (C=N–C) groups is 2. The summed E-state index contributed by atoms with van der Waals surface area (Å²) in [6, 6.07) is 19.6. The first kappa shape index (κ1) is 23.1. The number of halogens is 2. The van der Waals surface area contributed by atoms with Gasteiger partial charge < -0.3 is 10.2 Å². The average molecular weight is 480 g/mol. The van der Waals surface area contributed by atoms with Crippen molar-refractivity contribution in [2.24, 2.45) is 9.98 Å². The van der Waals surface area contributed by atoms with E-state index in [1.807, 2.05) is 0 Å². The fourth-order valence-electron chi connectivity index (χ4n) is 3.77. The smallest absolute Gasteiger partial charge is 0.168 e. The van der Waals surface area contributed by atoms with Crippen molar-refractivity contribution in [1.29, 1.82) is 0 Å². The van der Waals surface area contributed by atoms with Crippen LogP contribution in [-0.4, -0.2) is 33.6 Å². The minimum atomic E-state index is 0. The Bertz CT molecular complexity index is 978. The zero-order valence-corrected chi connectivity index (χ0v) is 19.8. The number of hydrogen-bond acceptors (Lipinski definition) is 6. The molecule has 3 heterocycles. The number of fused-ring (bicyclic) bond motifs is 2. The van der Waals surface area contributed by atoms with Gasteiger partial charge in [-0.05, 0) is 35.9 Å². The van der Waals surface area contributed by atoms with Gasteiger partial charge in [0.05, 0.1) is 12.1 Å². The van der Waals surface area contributed by atoms with Gasteiger partial charge in [0.15, 0.2) is 10.3 Å². The molecule has 0 bridgehead atoms. The number of rotatable bonds is 4. The van der Waals surface area contributed by atoms with E-state index in [9.17, 15) is 0 Å². The first-order valence-corrected chi connectivity index (χ1v) is 11.4. The van der Waals surface area contributed by atoms with E-state index in [1.165, 1.54) is 22.5 Å². The summed E-state index contributed by atoms with van der Waals surface area (Å²) in [5.41, 5.74) is 5.13. The zero-order chi connectivity index (χ0) is 18.9. The van der Waals surface area contributed by atoms with Crippen molar-refractivity contribution in [2.75, 3.05) is 17.6 Å². The lowest BCUT2D eigenvalue weighted by atomic mass is 10.1. The summed E-state index contributed by atoms with van der Waals surface area (Å²) in [6.45, 7) is 3.13. The topological polar surface area (TPSA) is 40.0 Å². The number of anilines is 1. The molecule has 2 atom stereocenters. The Morgan fingerprint density at radius 1 is 1.07 bits per heavy atom. The van der Waals surface area contributed by atoms with Gasteiger partial charge in [-0.1, -0.05) is 72.1 Å². The molecule has 4 nitrogen and oxygen atoms in total. The Morgan fingerprint density at radius 2 is 1.83 bits per heavy atom. The molecule has 0 fully saturated rings. The molecule has 30 heavy (non-hydrogen) atoms. The molecule has 2 unspecified atom stereocenters. The fourth-order valence-corrected chi connectivity index (χ4v) is 5.79. The Balaban J connectivity index is 0.00000128. The van der Waals surface area contributed by atoms with Gasteiger partial charge in [-0.15, -0.1) is 24.8 Å². The number of para-hydroxylation sites is 1. The van der Waals surface area contributed by atoms with Crippen LogP contribution in [0.25, 0.3) is 0 Å². The standard InChI is InChI=1S/C22H22N4S2.2ClH/c1-15-19-9-5-6-10-20(19)25-21(23-15)27-13-18-14-28-22-24-17(12-26(18)22)11-16-7-3-2-4-8-16;;/h2-10,14-15,17H,11-13H2,1H3,(H,23,25);2*1H. The van der Waals surface area contributed by atoms with Crippen LogP contribution < -0.4 is 5.32 Å². The predicted octanol–water partition coefficient (Wildman–Crippen LogP) is 5.98. The van der Waals surface area contributed by atoms with Crippen molar-refractivity contribution in [3.05, 3.63) is 76.8 Å². The van der Waals surface area contributed by atoms with E-state index in [4.69, 9.17) is 9.98 Å². The monoisotopic (exact) mass is 478 g/mol. The molecular weight excluding hydrogens is 455 g/mol. The molecule has 158 valence electrons. The van der Waals surface area contributed by atoms with Gasteiger partial charge in [0.2, 0.25) is 0 Å². The summed E-state index contributed by atoms with van der Waals surface area (Å²) in [7, 11) is 0. The van der Waals surface area contributed by atoms with Crippen LogP contribution in [0.5, 0.6) is 0 Å². The fraction of sp³-hybridized carbons (Fsp3) is 0.273. The first-order valence-electron chi connectivity index (χ1n) is 9.58. The highest BCUT2D eigenvalue weighted by Gasteiger charge is 2.32. The third-order valence-electron chi connectivity index (χ3n) is 5.20. The Labute approximate surface area is 198 Å². The van der Waals surface area contributed by atoms with Crippen LogP contribution in [0.1, 0.15) is 24.1 Å². The number of benzene rings is 2. The molecule has 5 rings (SSSR count). The highest BCUT2D eigenvalue weighted by atomic mass is 35.5. The van der Waals surface area contributed by atoms with E-state index >= 15 is 0 Å². The number of amidine groups is 2. The van der Waals surface area contributed by atoms with Crippen molar-refractivity contribution in [3.63, 3.8) is 0 Å². The maximum absolute atomic E-state index is 4.93. The van der Waals surface area contributed by atoms with Crippen molar-refractivity contribution < 1.29 is 0 Å².